The third kappa shape index (κ3) is 3.36. The highest BCUT2D eigenvalue weighted by atomic mass is 35.5. The van der Waals surface area contributed by atoms with Crippen LogP contribution in [0.25, 0.3) is 0 Å². The van der Waals surface area contributed by atoms with E-state index in [0.29, 0.717) is 17.9 Å². The second kappa shape index (κ2) is 8.01. The van der Waals surface area contributed by atoms with Crippen LogP contribution in [0.3, 0.4) is 0 Å². The van der Waals surface area contributed by atoms with Gasteiger partial charge in [-0.1, -0.05) is 46.4 Å². The molecule has 2 heterocycles. The van der Waals surface area contributed by atoms with Crippen LogP contribution in [0.5, 0.6) is 0 Å². The summed E-state index contributed by atoms with van der Waals surface area (Å²) in [6.07, 6.45) is 1.19. The molecule has 4 aliphatic rings. The molecule has 4 rings (SSSR count). The van der Waals surface area contributed by atoms with Crippen molar-refractivity contribution in [3.8, 4) is 0 Å². The fourth-order valence-corrected chi connectivity index (χ4v) is 8.91. The Morgan fingerprint density at radius 1 is 0.829 bits per heavy atom. The van der Waals surface area contributed by atoms with Crippen LogP contribution >= 0.6 is 69.6 Å². The van der Waals surface area contributed by atoms with E-state index in [1.807, 2.05) is 34.7 Å². The van der Waals surface area contributed by atoms with Gasteiger partial charge in [0.1, 0.15) is 9.75 Å². The van der Waals surface area contributed by atoms with Crippen LogP contribution in [-0.4, -0.2) is 71.8 Å². The molecule has 1 saturated carbocycles. The summed E-state index contributed by atoms with van der Waals surface area (Å²) in [5.74, 6) is -6.90. The van der Waals surface area contributed by atoms with Crippen molar-refractivity contribution in [1.82, 2.24) is 20.7 Å². The number of hydrogen-bond donors (Lipinski definition) is 2. The van der Waals surface area contributed by atoms with Gasteiger partial charge >= 0.3 is 11.8 Å². The molecule has 2 aliphatic heterocycles. The highest BCUT2D eigenvalue weighted by Crippen LogP contribution is 2.77. The molecule has 0 aromatic carbocycles. The van der Waals surface area contributed by atoms with Crippen molar-refractivity contribution >= 4 is 93.2 Å². The summed E-state index contributed by atoms with van der Waals surface area (Å²) in [7, 11) is 2.01. The molecule has 0 spiro atoms. The molecule has 0 aromatic rings. The fraction of sp³-hybridized carbons (Fsp3) is 0.714. The predicted molar refractivity (Wildman–Crippen MR) is 134 cm³/mol. The Morgan fingerprint density at radius 2 is 1.23 bits per heavy atom. The first-order valence-corrected chi connectivity index (χ1v) is 13.1. The third-order valence-corrected chi connectivity index (χ3v) is 12.2. The number of halogens is 6. The maximum atomic E-state index is 13.2. The minimum absolute atomic E-state index is 0.238. The average Bonchev–Trinajstić information content (AvgIpc) is 3.10. The number of amides is 4. The van der Waals surface area contributed by atoms with Crippen molar-refractivity contribution in [2.24, 2.45) is 11.8 Å². The maximum absolute atomic E-state index is 13.2. The number of nitrogens with zero attached hydrogens (tertiary/aromatic N) is 2. The SMILES string of the molecule is CN1C(C)(C)CC(NC(=O)C(=O)NN2C(=O)C3C(C2=O)C2(Cl)C(Cl)=C(Cl)C3(Cl)C2(Cl)Cl)CC1(C)C. The number of rotatable bonds is 2. The van der Waals surface area contributed by atoms with Gasteiger partial charge < -0.3 is 5.32 Å². The number of fused-ring (bicyclic) bond motifs is 5. The van der Waals surface area contributed by atoms with Crippen LogP contribution in [0.15, 0.2) is 10.1 Å². The Balaban J connectivity index is 1.51. The molecule has 2 saturated heterocycles. The third-order valence-electron chi connectivity index (χ3n) is 7.97. The number of allylic oxidation sites excluding steroid dienone is 2. The molecule has 4 unspecified atom stereocenters. The van der Waals surface area contributed by atoms with Gasteiger partial charge in [-0.2, -0.15) is 5.01 Å². The molecule has 0 radical (unpaired) electrons. The maximum Gasteiger partial charge on any atom is 0.328 e. The molecule has 4 amide bonds. The monoisotopic (exact) mass is 606 g/mol. The zero-order valence-electron chi connectivity index (χ0n) is 19.4. The molecule has 0 aromatic heterocycles. The molecule has 194 valence electrons. The van der Waals surface area contributed by atoms with Gasteiger partial charge in [-0.3, -0.25) is 24.1 Å². The van der Waals surface area contributed by atoms with Crippen molar-refractivity contribution in [2.75, 3.05) is 7.05 Å². The van der Waals surface area contributed by atoms with Gasteiger partial charge in [0.25, 0.3) is 11.8 Å². The van der Waals surface area contributed by atoms with Crippen LogP contribution in [0, 0.1) is 11.8 Å². The fourth-order valence-electron chi connectivity index (χ4n) is 5.98. The number of nitrogens with one attached hydrogen (secondary N) is 2. The highest BCUT2D eigenvalue weighted by Gasteiger charge is 2.87. The summed E-state index contributed by atoms with van der Waals surface area (Å²) in [5.41, 5.74) is 1.60. The van der Waals surface area contributed by atoms with Crippen molar-refractivity contribution in [2.45, 2.75) is 71.7 Å². The van der Waals surface area contributed by atoms with E-state index in [1.54, 1.807) is 0 Å². The minimum Gasteiger partial charge on any atom is -0.345 e. The van der Waals surface area contributed by atoms with Gasteiger partial charge in [0, 0.05) is 17.1 Å². The lowest BCUT2D eigenvalue weighted by Crippen LogP contribution is -2.63. The van der Waals surface area contributed by atoms with E-state index >= 15 is 0 Å². The van der Waals surface area contributed by atoms with E-state index in [2.05, 4.69) is 15.6 Å². The number of likely N-dealkylation sites (tertiary alicyclic amines) is 1. The minimum atomic E-state index is -2.08. The summed E-state index contributed by atoms with van der Waals surface area (Å²) < 4.78 is -2.08. The lowest BCUT2D eigenvalue weighted by molar-refractivity contribution is -0.152. The second-order valence-electron chi connectivity index (χ2n) is 10.8. The zero-order chi connectivity index (χ0) is 26.7. The lowest BCUT2D eigenvalue weighted by Gasteiger charge is -2.53. The summed E-state index contributed by atoms with van der Waals surface area (Å²) in [4.78, 5) is 50.0. The highest BCUT2D eigenvalue weighted by molar-refractivity contribution is 6.66. The quantitative estimate of drug-likeness (QED) is 0.285. The second-order valence-corrected chi connectivity index (χ2v) is 14.1. The standard InChI is InChI=1S/C21H24Cl6N4O4/c1-17(2)6-8(7-18(3,4)30(17)5)28-13(32)14(33)29-31-15(34)9-10(16(31)35)20(25)12(23)11(22)19(9,24)21(20,26)27/h8-10H,6-7H2,1-5H3,(H,28,32)(H,29,33). The van der Waals surface area contributed by atoms with E-state index < -0.39 is 49.5 Å². The first-order valence-electron chi connectivity index (χ1n) is 10.8. The molecular weight excluding hydrogens is 585 g/mol. The Hall–Kier alpha value is -0.480. The normalized spacial score (nSPS) is 37.6. The van der Waals surface area contributed by atoms with E-state index in [4.69, 9.17) is 69.6 Å². The molecule has 2 bridgehead atoms. The molecule has 14 heteroatoms. The van der Waals surface area contributed by atoms with Gasteiger partial charge in [-0.15, -0.1) is 23.2 Å². The number of hydrazine groups is 1. The Labute approximate surface area is 232 Å². The van der Waals surface area contributed by atoms with Crippen LogP contribution < -0.4 is 10.7 Å². The van der Waals surface area contributed by atoms with Crippen LogP contribution in [0.2, 0.25) is 0 Å². The molecular formula is C21H24Cl6N4O4. The van der Waals surface area contributed by atoms with Crippen LogP contribution in [-0.2, 0) is 19.2 Å². The van der Waals surface area contributed by atoms with Gasteiger partial charge in [0.05, 0.1) is 21.9 Å². The zero-order valence-corrected chi connectivity index (χ0v) is 24.0. The topological polar surface area (TPSA) is 98.8 Å². The van der Waals surface area contributed by atoms with Crippen molar-refractivity contribution in [1.29, 1.82) is 0 Å². The van der Waals surface area contributed by atoms with Gasteiger partial charge in [-0.25, -0.2) is 5.43 Å². The molecule has 2 N–H and O–H groups in total. The van der Waals surface area contributed by atoms with Crippen molar-refractivity contribution in [3.63, 3.8) is 0 Å². The summed E-state index contributed by atoms with van der Waals surface area (Å²) in [5, 5.41) is 2.62. The van der Waals surface area contributed by atoms with Crippen molar-refractivity contribution < 1.29 is 19.2 Å². The van der Waals surface area contributed by atoms with Crippen molar-refractivity contribution in [3.05, 3.63) is 10.1 Å². The van der Waals surface area contributed by atoms with Gasteiger partial charge in [0.15, 0.2) is 4.33 Å². The van der Waals surface area contributed by atoms with Crippen LogP contribution in [0.1, 0.15) is 40.5 Å². The van der Waals surface area contributed by atoms with E-state index in [0.717, 1.165) is 0 Å². The van der Waals surface area contributed by atoms with E-state index in [1.165, 1.54) is 0 Å². The molecule has 3 fully saturated rings. The summed E-state index contributed by atoms with van der Waals surface area (Å²) in [6, 6.07) is -0.304. The number of hydrogen-bond acceptors (Lipinski definition) is 5. The predicted octanol–water partition coefficient (Wildman–Crippen LogP) is 3.23. The lowest BCUT2D eigenvalue weighted by atomic mass is 9.77. The number of piperidine rings is 1. The molecule has 4 atom stereocenters. The number of carbonyl (C=O) groups is 4. The first kappa shape index (κ1) is 27.6. The summed E-state index contributed by atoms with van der Waals surface area (Å²) in [6.45, 7) is 8.18. The molecule has 8 nitrogen and oxygen atoms in total. The number of alkyl halides is 4. The number of imide groups is 1. The van der Waals surface area contributed by atoms with Crippen LogP contribution in [0.4, 0.5) is 0 Å². The van der Waals surface area contributed by atoms with Gasteiger partial charge in [0.2, 0.25) is 0 Å². The van der Waals surface area contributed by atoms with E-state index in [9.17, 15) is 19.2 Å². The first-order chi connectivity index (χ1) is 15.8. The molecule has 2 aliphatic carbocycles. The van der Waals surface area contributed by atoms with E-state index in [-0.39, 0.29) is 27.2 Å². The van der Waals surface area contributed by atoms with Gasteiger partial charge in [-0.05, 0) is 47.6 Å². The smallest absolute Gasteiger partial charge is 0.328 e. The summed E-state index contributed by atoms with van der Waals surface area (Å²) >= 11 is 38.6. The number of carbonyl (C=O) groups excluding carboxylic acids is 4. The molecule has 35 heavy (non-hydrogen) atoms. The Morgan fingerprint density at radius 3 is 1.63 bits per heavy atom. The largest absolute Gasteiger partial charge is 0.345 e. The Kier molecular flexibility index (Phi) is 6.31. The Bertz CT molecular complexity index is 1030. The average molecular weight is 609 g/mol.